The highest BCUT2D eigenvalue weighted by Crippen LogP contribution is 2.84. The SMILES string of the molecule is CSC1(P(=O)(OC(C)C)OC(C)C)SCSC12c1ccccc1-c1ccccc12. The van der Waals surface area contributed by atoms with Crippen molar-refractivity contribution in [2.75, 3.05) is 11.3 Å². The first-order chi connectivity index (χ1) is 13.8. The molecule has 7 heteroatoms. The molecule has 0 radical (unpaired) electrons. The predicted octanol–water partition coefficient (Wildman–Crippen LogP) is 7.41. The highest BCUT2D eigenvalue weighted by atomic mass is 32.2. The van der Waals surface area contributed by atoms with E-state index in [4.69, 9.17) is 9.05 Å². The summed E-state index contributed by atoms with van der Waals surface area (Å²) >= 11 is 5.20. The van der Waals surface area contributed by atoms with E-state index >= 15 is 0 Å². The third-order valence-electron chi connectivity index (χ3n) is 5.21. The maximum atomic E-state index is 14.7. The zero-order valence-corrected chi connectivity index (χ0v) is 20.7. The van der Waals surface area contributed by atoms with Gasteiger partial charge in [0.25, 0.3) is 0 Å². The molecule has 4 rings (SSSR count). The first-order valence-corrected chi connectivity index (χ1v) is 14.5. The van der Waals surface area contributed by atoms with Crippen LogP contribution in [-0.4, -0.2) is 27.4 Å². The molecule has 29 heavy (non-hydrogen) atoms. The summed E-state index contributed by atoms with van der Waals surface area (Å²) in [7, 11) is -3.53. The molecule has 0 bridgehead atoms. The number of rotatable bonds is 6. The third kappa shape index (κ3) is 3.09. The zero-order valence-electron chi connectivity index (χ0n) is 17.4. The molecular weight excluding hydrogens is 439 g/mol. The summed E-state index contributed by atoms with van der Waals surface area (Å²) in [6, 6.07) is 17.1. The van der Waals surface area contributed by atoms with E-state index in [0.717, 1.165) is 5.08 Å². The van der Waals surface area contributed by atoms with E-state index in [0.29, 0.717) is 0 Å². The van der Waals surface area contributed by atoms with E-state index in [1.54, 1.807) is 23.5 Å². The average molecular weight is 467 g/mol. The minimum Gasteiger partial charge on any atom is -0.304 e. The van der Waals surface area contributed by atoms with Crippen LogP contribution in [-0.2, 0) is 18.4 Å². The van der Waals surface area contributed by atoms with E-state index in [2.05, 4.69) is 48.5 Å². The van der Waals surface area contributed by atoms with Gasteiger partial charge in [-0.25, -0.2) is 0 Å². The Labute approximate surface area is 186 Å². The van der Waals surface area contributed by atoms with Gasteiger partial charge in [-0.3, -0.25) is 4.57 Å². The summed E-state index contributed by atoms with van der Waals surface area (Å²) in [6.07, 6.45) is 1.65. The molecule has 156 valence electrons. The number of hydrogen-bond donors (Lipinski definition) is 0. The minimum absolute atomic E-state index is 0.196. The van der Waals surface area contributed by atoms with Crippen LogP contribution in [0.4, 0.5) is 0 Å². The summed E-state index contributed by atoms with van der Waals surface area (Å²) < 4.78 is 25.8. The summed E-state index contributed by atoms with van der Waals surface area (Å²) in [5.41, 5.74) is 4.87. The second-order valence-corrected chi connectivity index (χ2v) is 14.5. The molecule has 0 saturated carbocycles. The van der Waals surface area contributed by atoms with E-state index in [9.17, 15) is 4.57 Å². The quantitative estimate of drug-likeness (QED) is 0.413. The fraction of sp³-hybridized carbons (Fsp3) is 0.455. The standard InChI is InChI=1S/C22H27O3PS3/c1-15(2)24-26(23,25-16(3)4)22(27-5)21(28-14-29-22)19-12-8-6-10-17(19)18-11-7-9-13-20(18)21/h6-13,15-16H,14H2,1-5H3. The molecule has 3 nitrogen and oxygen atoms in total. The Morgan fingerprint density at radius 2 is 1.38 bits per heavy atom. The van der Waals surface area contributed by atoms with Crippen LogP contribution in [0, 0.1) is 0 Å². The highest BCUT2D eigenvalue weighted by Gasteiger charge is 2.72. The van der Waals surface area contributed by atoms with E-state index in [1.807, 2.05) is 45.7 Å². The van der Waals surface area contributed by atoms with Gasteiger partial charge >= 0.3 is 7.60 Å². The van der Waals surface area contributed by atoms with Crippen LogP contribution in [0.1, 0.15) is 38.8 Å². The van der Waals surface area contributed by atoms with Crippen LogP contribution in [0.25, 0.3) is 11.1 Å². The van der Waals surface area contributed by atoms with Crippen molar-refractivity contribution >= 4 is 42.9 Å². The van der Waals surface area contributed by atoms with Crippen LogP contribution in [0.15, 0.2) is 48.5 Å². The molecular formula is C22H27O3PS3. The molecule has 0 N–H and O–H groups in total. The zero-order chi connectivity index (χ0) is 20.9. The Balaban J connectivity index is 2.04. The van der Waals surface area contributed by atoms with Gasteiger partial charge < -0.3 is 9.05 Å². The van der Waals surface area contributed by atoms with Gasteiger partial charge in [0.15, 0.2) is 3.82 Å². The molecule has 1 aliphatic carbocycles. The molecule has 2 aromatic carbocycles. The van der Waals surface area contributed by atoms with Gasteiger partial charge in [0, 0.05) is 5.08 Å². The molecule has 2 aromatic rings. The Morgan fingerprint density at radius 1 is 0.897 bits per heavy atom. The van der Waals surface area contributed by atoms with Crippen molar-refractivity contribution in [1.82, 2.24) is 0 Å². The van der Waals surface area contributed by atoms with Crippen molar-refractivity contribution < 1.29 is 13.6 Å². The van der Waals surface area contributed by atoms with Crippen LogP contribution in [0.3, 0.4) is 0 Å². The smallest absolute Gasteiger partial charge is 0.304 e. The molecule has 1 spiro atoms. The third-order valence-corrected chi connectivity index (χ3v) is 14.9. The molecule has 1 atom stereocenters. The maximum absolute atomic E-state index is 14.7. The van der Waals surface area contributed by atoms with Gasteiger partial charge in [-0.15, -0.1) is 35.3 Å². The van der Waals surface area contributed by atoms with Crippen molar-refractivity contribution in [2.45, 2.75) is 48.5 Å². The van der Waals surface area contributed by atoms with Crippen molar-refractivity contribution in [1.29, 1.82) is 0 Å². The Kier molecular flexibility index (Phi) is 6.00. The number of thioether (sulfide) groups is 3. The fourth-order valence-electron chi connectivity index (χ4n) is 4.39. The summed E-state index contributed by atoms with van der Waals surface area (Å²) in [5, 5.41) is 0.830. The second kappa shape index (κ2) is 7.96. The topological polar surface area (TPSA) is 35.5 Å². The molecule has 1 fully saturated rings. The summed E-state index contributed by atoms with van der Waals surface area (Å²) in [5.74, 6) is 0. The molecule has 0 aromatic heterocycles. The van der Waals surface area contributed by atoms with Gasteiger partial charge in [-0.2, -0.15) is 0 Å². The van der Waals surface area contributed by atoms with Crippen LogP contribution in [0.2, 0.25) is 0 Å². The first-order valence-electron chi connectivity index (χ1n) is 9.80. The predicted molar refractivity (Wildman–Crippen MR) is 129 cm³/mol. The number of benzene rings is 2. The molecule has 1 saturated heterocycles. The summed E-state index contributed by atoms with van der Waals surface area (Å²) in [6.45, 7) is 7.72. The minimum atomic E-state index is -3.53. The lowest BCUT2D eigenvalue weighted by Crippen LogP contribution is -2.42. The second-order valence-electron chi connectivity index (χ2n) is 7.77. The fourth-order valence-corrected chi connectivity index (χ4v) is 14.5. The molecule has 1 heterocycles. The number of hydrogen-bond acceptors (Lipinski definition) is 6. The molecule has 1 unspecified atom stereocenters. The molecule has 0 amide bonds. The first kappa shape index (κ1) is 21.9. The molecule has 1 aliphatic heterocycles. The molecule has 2 aliphatic rings. The maximum Gasteiger partial charge on any atom is 0.359 e. The van der Waals surface area contributed by atoms with Gasteiger partial charge in [-0.05, 0) is 56.2 Å². The van der Waals surface area contributed by atoms with Crippen molar-refractivity contribution in [3.05, 3.63) is 59.7 Å². The van der Waals surface area contributed by atoms with E-state index < -0.39 is 16.2 Å². The lowest BCUT2D eigenvalue weighted by molar-refractivity contribution is 0.138. The van der Waals surface area contributed by atoms with Crippen LogP contribution >= 0.6 is 42.9 Å². The normalized spacial score (nSPS) is 22.4. The van der Waals surface area contributed by atoms with Gasteiger partial charge in [0.1, 0.15) is 4.75 Å². The lowest BCUT2D eigenvalue weighted by Gasteiger charge is -2.46. The van der Waals surface area contributed by atoms with Gasteiger partial charge in [0.2, 0.25) is 0 Å². The van der Waals surface area contributed by atoms with E-state index in [1.165, 1.54) is 22.3 Å². The Bertz CT molecular complexity index is 902. The highest BCUT2D eigenvalue weighted by molar-refractivity contribution is 8.33. The average Bonchev–Trinajstić information content (AvgIpc) is 3.20. The Hall–Kier alpha value is -0.360. The number of fused-ring (bicyclic) bond motifs is 5. The lowest BCUT2D eigenvalue weighted by atomic mass is 9.97. The largest absolute Gasteiger partial charge is 0.359 e. The van der Waals surface area contributed by atoms with E-state index in [-0.39, 0.29) is 12.2 Å². The van der Waals surface area contributed by atoms with Gasteiger partial charge in [0.05, 0.1) is 12.2 Å². The summed E-state index contributed by atoms with van der Waals surface area (Å²) in [4.78, 5) is 0. The van der Waals surface area contributed by atoms with Crippen molar-refractivity contribution in [3.63, 3.8) is 0 Å². The van der Waals surface area contributed by atoms with Crippen LogP contribution < -0.4 is 0 Å². The van der Waals surface area contributed by atoms with Crippen molar-refractivity contribution in [2.24, 2.45) is 0 Å². The van der Waals surface area contributed by atoms with Gasteiger partial charge in [-0.1, -0.05) is 48.5 Å². The van der Waals surface area contributed by atoms with Crippen molar-refractivity contribution in [3.8, 4) is 11.1 Å². The van der Waals surface area contributed by atoms with Crippen LogP contribution in [0.5, 0.6) is 0 Å². The Morgan fingerprint density at radius 3 is 1.83 bits per heavy atom. The monoisotopic (exact) mass is 466 g/mol.